The van der Waals surface area contributed by atoms with Gasteiger partial charge in [-0.3, -0.25) is 0 Å². The van der Waals surface area contributed by atoms with Gasteiger partial charge in [-0.05, 0) is 46.7 Å². The van der Waals surface area contributed by atoms with Crippen LogP contribution in [0.1, 0.15) is 39.0 Å². The van der Waals surface area contributed by atoms with Crippen molar-refractivity contribution in [3.05, 3.63) is 16.7 Å². The predicted octanol–water partition coefficient (Wildman–Crippen LogP) is 2.68. The summed E-state index contributed by atoms with van der Waals surface area (Å²) in [6.07, 6.45) is 6.99. The van der Waals surface area contributed by atoms with Crippen LogP contribution in [0.25, 0.3) is 0 Å². The fourth-order valence-electron chi connectivity index (χ4n) is 2.75. The number of sulfonamides is 1. The fourth-order valence-corrected chi connectivity index (χ4v) is 4.50. The molecule has 0 saturated heterocycles. The Bertz CT molecular complexity index is 583. The van der Waals surface area contributed by atoms with E-state index in [2.05, 4.69) is 32.6 Å². The Hall–Kier alpha value is -0.660. The number of nitrogens with zero attached hydrogens (tertiary/aromatic N) is 1. The van der Waals surface area contributed by atoms with Crippen molar-refractivity contribution >= 4 is 31.8 Å². The Morgan fingerprint density at radius 2 is 2.10 bits per heavy atom. The summed E-state index contributed by atoms with van der Waals surface area (Å²) < 4.78 is 28.0. The largest absolute Gasteiger partial charge is 0.383 e. The Morgan fingerprint density at radius 3 is 2.70 bits per heavy atom. The van der Waals surface area contributed by atoms with Crippen molar-refractivity contribution in [2.75, 3.05) is 12.3 Å². The molecule has 0 atom stereocenters. The van der Waals surface area contributed by atoms with Crippen LogP contribution >= 0.6 is 15.9 Å². The number of nitrogen functional groups attached to an aromatic ring is 1. The topological polar surface area (TPSA) is 85.1 Å². The second-order valence-corrected chi connectivity index (χ2v) is 8.07. The Labute approximate surface area is 128 Å². The van der Waals surface area contributed by atoms with Crippen molar-refractivity contribution in [3.63, 3.8) is 0 Å². The maximum Gasteiger partial charge on any atom is 0.244 e. The Balaban J connectivity index is 2.17. The number of nitrogens with one attached hydrogen (secondary N) is 1. The van der Waals surface area contributed by atoms with E-state index in [1.165, 1.54) is 25.1 Å². The Kier molecular flexibility index (Phi) is 4.71. The van der Waals surface area contributed by atoms with Crippen molar-refractivity contribution < 1.29 is 8.42 Å². The summed E-state index contributed by atoms with van der Waals surface area (Å²) in [7, 11) is -3.62. The zero-order chi connectivity index (χ0) is 14.8. The smallest absolute Gasteiger partial charge is 0.244 e. The maximum absolute atomic E-state index is 12.4. The standard InChI is InChI=1S/C13H20BrN3O2S/c1-2-13(5-3-4-6-13)9-17-20(18,19)11-7-10(14)8-16-12(11)15/h7-8,17H,2-6,9H2,1H3,(H2,15,16). The van der Waals surface area contributed by atoms with Crippen LogP contribution in [-0.4, -0.2) is 19.9 Å². The molecule has 7 heteroatoms. The van der Waals surface area contributed by atoms with Gasteiger partial charge < -0.3 is 5.73 Å². The van der Waals surface area contributed by atoms with Gasteiger partial charge >= 0.3 is 0 Å². The van der Waals surface area contributed by atoms with Crippen LogP contribution < -0.4 is 10.5 Å². The lowest BCUT2D eigenvalue weighted by atomic mass is 9.84. The van der Waals surface area contributed by atoms with Crippen LogP contribution in [0.4, 0.5) is 5.82 Å². The normalized spacial score (nSPS) is 18.3. The van der Waals surface area contributed by atoms with Crippen LogP contribution in [0.15, 0.2) is 21.6 Å². The summed E-state index contributed by atoms with van der Waals surface area (Å²) in [6, 6.07) is 1.48. The number of pyridine rings is 1. The molecule has 5 nitrogen and oxygen atoms in total. The summed E-state index contributed by atoms with van der Waals surface area (Å²) in [5, 5.41) is 0. The third kappa shape index (κ3) is 3.32. The highest BCUT2D eigenvalue weighted by atomic mass is 79.9. The van der Waals surface area contributed by atoms with Crippen LogP contribution in [-0.2, 0) is 10.0 Å². The molecule has 1 fully saturated rings. The number of halogens is 1. The van der Waals surface area contributed by atoms with Gasteiger partial charge in [-0.1, -0.05) is 19.8 Å². The monoisotopic (exact) mass is 361 g/mol. The molecule has 0 aliphatic heterocycles. The second kappa shape index (κ2) is 5.99. The van der Waals surface area contributed by atoms with Gasteiger partial charge in [-0.25, -0.2) is 18.1 Å². The number of nitrogens with two attached hydrogens (primary N) is 1. The minimum atomic E-state index is -3.62. The molecule has 2 rings (SSSR count). The molecule has 0 unspecified atom stereocenters. The van der Waals surface area contributed by atoms with Gasteiger partial charge in [0.05, 0.1) is 0 Å². The number of hydrogen-bond donors (Lipinski definition) is 2. The highest BCUT2D eigenvalue weighted by molar-refractivity contribution is 9.10. The van der Waals surface area contributed by atoms with E-state index in [0.29, 0.717) is 11.0 Å². The van der Waals surface area contributed by atoms with Crippen LogP contribution in [0.3, 0.4) is 0 Å². The van der Waals surface area contributed by atoms with E-state index in [9.17, 15) is 8.42 Å². The highest BCUT2D eigenvalue weighted by Crippen LogP contribution is 2.40. The molecule has 112 valence electrons. The Morgan fingerprint density at radius 1 is 1.45 bits per heavy atom. The second-order valence-electron chi connectivity index (χ2n) is 5.42. The van der Waals surface area contributed by atoms with Crippen LogP contribution in [0.2, 0.25) is 0 Å². The molecular weight excluding hydrogens is 342 g/mol. The lowest BCUT2D eigenvalue weighted by molar-refractivity contribution is 0.285. The van der Waals surface area contributed by atoms with Crippen molar-refractivity contribution in [3.8, 4) is 0 Å². The van der Waals surface area contributed by atoms with Gasteiger partial charge in [0.2, 0.25) is 10.0 Å². The van der Waals surface area contributed by atoms with Gasteiger partial charge in [0.1, 0.15) is 10.7 Å². The summed E-state index contributed by atoms with van der Waals surface area (Å²) in [4.78, 5) is 3.91. The number of hydrogen-bond acceptors (Lipinski definition) is 4. The van der Waals surface area contributed by atoms with Crippen molar-refractivity contribution in [1.82, 2.24) is 9.71 Å². The van der Waals surface area contributed by atoms with E-state index in [-0.39, 0.29) is 16.1 Å². The van der Waals surface area contributed by atoms with Gasteiger partial charge in [0.15, 0.2) is 0 Å². The minimum Gasteiger partial charge on any atom is -0.383 e. The van der Waals surface area contributed by atoms with E-state index < -0.39 is 10.0 Å². The van der Waals surface area contributed by atoms with E-state index >= 15 is 0 Å². The van der Waals surface area contributed by atoms with E-state index in [4.69, 9.17) is 5.73 Å². The van der Waals surface area contributed by atoms with E-state index in [0.717, 1.165) is 19.3 Å². The average molecular weight is 362 g/mol. The zero-order valence-corrected chi connectivity index (χ0v) is 13.9. The van der Waals surface area contributed by atoms with Crippen molar-refractivity contribution in [2.45, 2.75) is 43.9 Å². The first-order valence-electron chi connectivity index (χ1n) is 6.79. The minimum absolute atomic E-state index is 0.0256. The molecule has 1 aromatic heterocycles. The number of anilines is 1. The quantitative estimate of drug-likeness (QED) is 0.843. The molecule has 0 spiro atoms. The number of rotatable bonds is 5. The van der Waals surface area contributed by atoms with Crippen LogP contribution in [0, 0.1) is 5.41 Å². The molecule has 0 aromatic carbocycles. The molecule has 3 N–H and O–H groups in total. The first-order chi connectivity index (χ1) is 9.38. The zero-order valence-electron chi connectivity index (χ0n) is 11.5. The van der Waals surface area contributed by atoms with E-state index in [1.807, 2.05) is 0 Å². The summed E-state index contributed by atoms with van der Waals surface area (Å²) in [6.45, 7) is 2.59. The third-order valence-corrected chi connectivity index (χ3v) is 6.05. The van der Waals surface area contributed by atoms with Gasteiger partial charge in [-0.15, -0.1) is 0 Å². The predicted molar refractivity (Wildman–Crippen MR) is 82.7 cm³/mol. The summed E-state index contributed by atoms with van der Waals surface area (Å²) in [5.41, 5.74) is 5.77. The van der Waals surface area contributed by atoms with Crippen molar-refractivity contribution in [1.29, 1.82) is 0 Å². The highest BCUT2D eigenvalue weighted by Gasteiger charge is 2.33. The maximum atomic E-state index is 12.4. The molecule has 20 heavy (non-hydrogen) atoms. The molecule has 0 radical (unpaired) electrons. The third-order valence-electron chi connectivity index (χ3n) is 4.19. The average Bonchev–Trinajstić information content (AvgIpc) is 2.89. The molecule has 0 amide bonds. The van der Waals surface area contributed by atoms with Crippen LogP contribution in [0.5, 0.6) is 0 Å². The first-order valence-corrected chi connectivity index (χ1v) is 9.07. The molecule has 1 aliphatic rings. The molecule has 1 aliphatic carbocycles. The molecule has 1 heterocycles. The molecular formula is C13H20BrN3O2S. The summed E-state index contributed by atoms with van der Waals surface area (Å²) in [5.74, 6) is 0.0256. The SMILES string of the molecule is CCC1(CNS(=O)(=O)c2cc(Br)cnc2N)CCCC1. The molecule has 1 saturated carbocycles. The van der Waals surface area contributed by atoms with Gasteiger partial charge in [-0.2, -0.15) is 0 Å². The lowest BCUT2D eigenvalue weighted by Crippen LogP contribution is -2.36. The van der Waals surface area contributed by atoms with E-state index in [1.54, 1.807) is 0 Å². The number of aromatic nitrogens is 1. The molecule has 0 bridgehead atoms. The lowest BCUT2D eigenvalue weighted by Gasteiger charge is -2.27. The fraction of sp³-hybridized carbons (Fsp3) is 0.615. The van der Waals surface area contributed by atoms with Gasteiger partial charge in [0, 0.05) is 17.2 Å². The molecule has 1 aromatic rings. The first kappa shape index (κ1) is 15.7. The van der Waals surface area contributed by atoms with Gasteiger partial charge in [0.25, 0.3) is 0 Å². The van der Waals surface area contributed by atoms with Crippen molar-refractivity contribution in [2.24, 2.45) is 5.41 Å². The summed E-state index contributed by atoms with van der Waals surface area (Å²) >= 11 is 3.22.